The number of carbonyl (C=O) groups is 1. The molecule has 0 atom stereocenters. The molecule has 3 aromatic rings. The maximum Gasteiger partial charge on any atom is 0.270 e. The van der Waals surface area contributed by atoms with Crippen molar-refractivity contribution in [1.29, 1.82) is 0 Å². The molecule has 1 amide bonds. The van der Waals surface area contributed by atoms with Crippen molar-refractivity contribution in [2.75, 3.05) is 12.0 Å². The van der Waals surface area contributed by atoms with Crippen LogP contribution in [0.5, 0.6) is 11.5 Å². The number of nitrogens with zero attached hydrogens (tertiary/aromatic N) is 1. The van der Waals surface area contributed by atoms with Crippen molar-refractivity contribution in [3.63, 3.8) is 0 Å². The normalized spacial score (nSPS) is 14.8. The Labute approximate surface area is 197 Å². The highest BCUT2D eigenvalue weighted by Gasteiger charge is 2.33. The molecular weight excluding hydrogens is 438 g/mol. The van der Waals surface area contributed by atoms with E-state index in [0.717, 1.165) is 22.4 Å². The van der Waals surface area contributed by atoms with Crippen LogP contribution in [0.25, 0.3) is 6.08 Å². The number of thiocarbonyl (C=S) groups is 1. The first kappa shape index (κ1) is 22.1. The lowest BCUT2D eigenvalue weighted by molar-refractivity contribution is -0.113. The van der Waals surface area contributed by atoms with E-state index in [1.54, 1.807) is 12.0 Å². The predicted molar refractivity (Wildman–Crippen MR) is 135 cm³/mol. The molecule has 0 aliphatic carbocycles. The second-order valence-corrected chi connectivity index (χ2v) is 9.22. The Kier molecular flexibility index (Phi) is 6.63. The maximum absolute atomic E-state index is 13.0. The number of rotatable bonds is 6. The molecule has 1 fully saturated rings. The Hall–Kier alpha value is -3.09. The van der Waals surface area contributed by atoms with Crippen molar-refractivity contribution in [1.82, 2.24) is 0 Å². The summed E-state index contributed by atoms with van der Waals surface area (Å²) in [5.74, 6) is 1.14. The first-order valence-electron chi connectivity index (χ1n) is 10.2. The molecule has 3 aromatic carbocycles. The number of carbonyl (C=O) groups excluding carboxylic acids is 1. The van der Waals surface area contributed by atoms with Gasteiger partial charge in [0.15, 0.2) is 15.8 Å². The molecule has 162 valence electrons. The van der Waals surface area contributed by atoms with Gasteiger partial charge in [0.25, 0.3) is 5.91 Å². The van der Waals surface area contributed by atoms with Gasteiger partial charge in [0.2, 0.25) is 0 Å². The van der Waals surface area contributed by atoms with Crippen molar-refractivity contribution >= 4 is 46.0 Å². The zero-order valence-corrected chi connectivity index (χ0v) is 19.8. The minimum Gasteiger partial charge on any atom is -0.493 e. The summed E-state index contributed by atoms with van der Waals surface area (Å²) in [6.45, 7) is 4.52. The highest BCUT2D eigenvalue weighted by Crippen LogP contribution is 2.37. The molecular formula is C26H23NO3S2. The van der Waals surface area contributed by atoms with Crippen molar-refractivity contribution < 1.29 is 14.3 Å². The predicted octanol–water partition coefficient (Wildman–Crippen LogP) is 6.30. The number of ether oxygens (including phenoxy) is 2. The third-order valence-corrected chi connectivity index (χ3v) is 6.35. The lowest BCUT2D eigenvalue weighted by Gasteiger charge is -2.14. The van der Waals surface area contributed by atoms with Gasteiger partial charge < -0.3 is 9.47 Å². The molecule has 1 aliphatic heterocycles. The molecule has 0 radical (unpaired) electrons. The average molecular weight is 462 g/mol. The average Bonchev–Trinajstić information content (AvgIpc) is 3.06. The monoisotopic (exact) mass is 461 g/mol. The number of aryl methyl sites for hydroxylation is 2. The number of benzene rings is 3. The van der Waals surface area contributed by atoms with E-state index >= 15 is 0 Å². The third kappa shape index (κ3) is 4.87. The fourth-order valence-electron chi connectivity index (χ4n) is 3.39. The topological polar surface area (TPSA) is 38.8 Å². The Bertz CT molecular complexity index is 1200. The van der Waals surface area contributed by atoms with E-state index in [1.807, 2.05) is 67.6 Å². The highest BCUT2D eigenvalue weighted by molar-refractivity contribution is 8.27. The molecule has 1 saturated heterocycles. The Morgan fingerprint density at radius 1 is 0.969 bits per heavy atom. The molecule has 1 aliphatic rings. The second-order valence-electron chi connectivity index (χ2n) is 7.54. The number of hydrogen-bond donors (Lipinski definition) is 0. The van der Waals surface area contributed by atoms with Crippen LogP contribution in [0.4, 0.5) is 5.69 Å². The molecule has 0 bridgehead atoms. The van der Waals surface area contributed by atoms with E-state index in [2.05, 4.69) is 19.1 Å². The summed E-state index contributed by atoms with van der Waals surface area (Å²) in [6.07, 6.45) is 1.83. The summed E-state index contributed by atoms with van der Waals surface area (Å²) in [7, 11) is 1.61. The Balaban J connectivity index is 1.53. The number of amides is 1. The largest absolute Gasteiger partial charge is 0.493 e. The fraction of sp³-hybridized carbons (Fsp3) is 0.154. The summed E-state index contributed by atoms with van der Waals surface area (Å²) in [5.41, 5.74) is 5.03. The van der Waals surface area contributed by atoms with Crippen LogP contribution < -0.4 is 14.4 Å². The molecule has 4 rings (SSSR count). The van der Waals surface area contributed by atoms with Gasteiger partial charge in [-0.1, -0.05) is 77.6 Å². The summed E-state index contributed by atoms with van der Waals surface area (Å²) < 4.78 is 12.0. The highest BCUT2D eigenvalue weighted by atomic mass is 32.2. The first-order valence-corrected chi connectivity index (χ1v) is 11.4. The standard InChI is InChI=1S/C26H23NO3S2/c1-17-7-10-21(11-8-17)27-25(28)24(32-26(27)31)15-19-9-12-22(23(14-19)29-3)30-16-20-6-4-5-18(2)13-20/h4-15H,16H2,1-3H3. The van der Waals surface area contributed by atoms with Crippen LogP contribution in [-0.2, 0) is 11.4 Å². The minimum atomic E-state index is -0.123. The quantitative estimate of drug-likeness (QED) is 0.318. The summed E-state index contributed by atoms with van der Waals surface area (Å²) in [4.78, 5) is 15.2. The SMILES string of the molecule is COc1cc(C=C2SC(=S)N(c3ccc(C)cc3)C2=O)ccc1OCc1cccc(C)c1. The van der Waals surface area contributed by atoms with Crippen LogP contribution in [0.1, 0.15) is 22.3 Å². The molecule has 0 unspecified atom stereocenters. The smallest absolute Gasteiger partial charge is 0.270 e. The zero-order chi connectivity index (χ0) is 22.7. The molecule has 6 heteroatoms. The van der Waals surface area contributed by atoms with Crippen molar-refractivity contribution in [2.24, 2.45) is 0 Å². The first-order chi connectivity index (χ1) is 15.4. The number of thioether (sulfide) groups is 1. The molecule has 0 spiro atoms. The fourth-order valence-corrected chi connectivity index (χ4v) is 4.69. The van der Waals surface area contributed by atoms with Crippen LogP contribution in [0, 0.1) is 13.8 Å². The van der Waals surface area contributed by atoms with Crippen molar-refractivity contribution in [3.05, 3.63) is 93.9 Å². The lowest BCUT2D eigenvalue weighted by atomic mass is 10.1. The van der Waals surface area contributed by atoms with Gasteiger partial charge in [-0.2, -0.15) is 0 Å². The van der Waals surface area contributed by atoms with Gasteiger partial charge in [-0.3, -0.25) is 9.69 Å². The molecule has 0 saturated carbocycles. The number of hydrogen-bond acceptors (Lipinski definition) is 5. The molecule has 0 aromatic heterocycles. The molecule has 1 heterocycles. The van der Waals surface area contributed by atoms with Gasteiger partial charge in [0.1, 0.15) is 6.61 Å². The Morgan fingerprint density at radius 3 is 2.47 bits per heavy atom. The molecule has 32 heavy (non-hydrogen) atoms. The van der Waals surface area contributed by atoms with Gasteiger partial charge in [-0.05, 0) is 55.3 Å². The van der Waals surface area contributed by atoms with E-state index in [1.165, 1.54) is 17.3 Å². The van der Waals surface area contributed by atoms with E-state index in [9.17, 15) is 4.79 Å². The summed E-state index contributed by atoms with van der Waals surface area (Å²) in [6, 6.07) is 21.6. The van der Waals surface area contributed by atoms with Crippen LogP contribution >= 0.6 is 24.0 Å². The van der Waals surface area contributed by atoms with Crippen molar-refractivity contribution in [2.45, 2.75) is 20.5 Å². The summed E-state index contributed by atoms with van der Waals surface area (Å²) >= 11 is 6.77. The van der Waals surface area contributed by atoms with E-state index in [0.29, 0.717) is 27.3 Å². The third-order valence-electron chi connectivity index (χ3n) is 5.05. The van der Waals surface area contributed by atoms with Crippen LogP contribution in [0.15, 0.2) is 71.6 Å². The van der Waals surface area contributed by atoms with Gasteiger partial charge in [0.05, 0.1) is 17.7 Å². The van der Waals surface area contributed by atoms with Gasteiger partial charge in [-0.25, -0.2) is 0 Å². The van der Waals surface area contributed by atoms with Gasteiger partial charge in [-0.15, -0.1) is 0 Å². The van der Waals surface area contributed by atoms with Crippen LogP contribution in [-0.4, -0.2) is 17.3 Å². The maximum atomic E-state index is 13.0. The van der Waals surface area contributed by atoms with E-state index in [-0.39, 0.29) is 5.91 Å². The van der Waals surface area contributed by atoms with E-state index in [4.69, 9.17) is 21.7 Å². The van der Waals surface area contributed by atoms with Crippen LogP contribution in [0.3, 0.4) is 0 Å². The second kappa shape index (κ2) is 9.59. The van der Waals surface area contributed by atoms with Crippen molar-refractivity contribution in [3.8, 4) is 11.5 Å². The number of methoxy groups -OCH3 is 1. The number of anilines is 1. The molecule has 4 nitrogen and oxygen atoms in total. The van der Waals surface area contributed by atoms with Crippen LogP contribution in [0.2, 0.25) is 0 Å². The summed E-state index contributed by atoms with van der Waals surface area (Å²) in [5, 5.41) is 0. The van der Waals surface area contributed by atoms with E-state index < -0.39 is 0 Å². The Morgan fingerprint density at radius 2 is 1.75 bits per heavy atom. The van der Waals surface area contributed by atoms with Gasteiger partial charge in [0, 0.05) is 0 Å². The minimum absolute atomic E-state index is 0.123. The lowest BCUT2D eigenvalue weighted by Crippen LogP contribution is -2.27. The van der Waals surface area contributed by atoms with Gasteiger partial charge >= 0.3 is 0 Å². The zero-order valence-electron chi connectivity index (χ0n) is 18.1. The molecule has 0 N–H and O–H groups in total.